The van der Waals surface area contributed by atoms with Crippen LogP contribution in [0.4, 0.5) is 17.6 Å². The third-order valence-corrected chi connectivity index (χ3v) is 6.58. The van der Waals surface area contributed by atoms with Gasteiger partial charge in [-0.05, 0) is 50.0 Å². The van der Waals surface area contributed by atoms with Crippen LogP contribution in [0.3, 0.4) is 0 Å². The Morgan fingerprint density at radius 1 is 1.18 bits per heavy atom. The number of aromatic amines is 1. The van der Waals surface area contributed by atoms with Crippen molar-refractivity contribution in [3.05, 3.63) is 36.2 Å². The van der Waals surface area contributed by atoms with Crippen LogP contribution < -0.4 is 20.5 Å². The van der Waals surface area contributed by atoms with Gasteiger partial charge < -0.3 is 20.5 Å². The molecule has 2 aromatic heterocycles. The maximum atomic E-state index is 6.12. The number of nitrogens with one attached hydrogen (secondary N) is 2. The molecule has 0 bridgehead atoms. The Morgan fingerprint density at radius 3 is 2.71 bits per heavy atom. The highest BCUT2D eigenvalue weighted by Crippen LogP contribution is 2.36. The number of hydrogen-bond donors (Lipinski definition) is 3. The summed E-state index contributed by atoms with van der Waals surface area (Å²) in [5.74, 6) is 2.81. The molecule has 3 heterocycles. The number of nitrogens with two attached hydrogens (primary N) is 1. The van der Waals surface area contributed by atoms with Crippen molar-refractivity contribution in [1.29, 1.82) is 0 Å². The first kappa shape index (κ1) is 23.8. The van der Waals surface area contributed by atoms with E-state index in [0.29, 0.717) is 29.7 Å². The molecule has 0 unspecified atom stereocenters. The quantitative estimate of drug-likeness (QED) is 0.405. The Labute approximate surface area is 201 Å². The number of ether oxygens (including phenoxy) is 2. The molecule has 0 atom stereocenters. The molecule has 1 fully saturated rings. The van der Waals surface area contributed by atoms with Crippen LogP contribution >= 0.6 is 0 Å². The van der Waals surface area contributed by atoms with E-state index in [1.807, 2.05) is 24.3 Å². The summed E-state index contributed by atoms with van der Waals surface area (Å²) in [5, 5.41) is 10.9. The van der Waals surface area contributed by atoms with E-state index >= 15 is 0 Å². The number of benzene rings is 1. The molecule has 1 aromatic carbocycles. The van der Waals surface area contributed by atoms with E-state index in [1.165, 1.54) is 12.8 Å². The number of anilines is 3. The molecule has 0 aliphatic carbocycles. The van der Waals surface area contributed by atoms with E-state index in [0.717, 1.165) is 42.9 Å². The second-order valence-corrected chi connectivity index (χ2v) is 9.28. The number of methoxy groups -OCH3 is 1. The van der Waals surface area contributed by atoms with Gasteiger partial charge in [-0.3, -0.25) is 10.00 Å². The molecule has 9 nitrogen and oxygen atoms in total. The molecule has 1 aliphatic rings. The van der Waals surface area contributed by atoms with Crippen molar-refractivity contribution in [3.63, 3.8) is 0 Å². The van der Waals surface area contributed by atoms with Crippen LogP contribution in [-0.4, -0.2) is 58.4 Å². The lowest BCUT2D eigenvalue weighted by molar-refractivity contribution is 0.230. The summed E-state index contributed by atoms with van der Waals surface area (Å²) in [4.78, 5) is 11.1. The third kappa shape index (κ3) is 5.41. The van der Waals surface area contributed by atoms with Crippen LogP contribution in [-0.2, 0) is 5.41 Å². The minimum Gasteiger partial charge on any atom is -0.493 e. The molecule has 4 rings (SSSR count). The van der Waals surface area contributed by atoms with Gasteiger partial charge in [0.1, 0.15) is 12.4 Å². The number of likely N-dealkylation sites (tertiary alicyclic amines) is 1. The minimum absolute atomic E-state index is 0.00223. The first-order valence-electron chi connectivity index (χ1n) is 11.9. The molecular weight excluding hydrogens is 430 g/mol. The number of nitrogens with zero attached hydrogens (tertiary/aromatic N) is 4. The Hall–Kier alpha value is -3.33. The fourth-order valence-corrected chi connectivity index (χ4v) is 3.99. The molecule has 9 heteroatoms. The standard InChI is InChI=1S/C25H35N7O2/c1-5-25(2,3)21-15-22(31-30-21)28-23-18(16-27-24(26)29-23)17-8-9-19(33-4)20(14-17)34-13-12-32-10-6-7-11-32/h8-9,14-16H,5-7,10-13H2,1-4H3,(H4,26,27,28,29,30,31). The summed E-state index contributed by atoms with van der Waals surface area (Å²) in [5.41, 5.74) is 8.65. The molecule has 1 aliphatic heterocycles. The zero-order valence-electron chi connectivity index (χ0n) is 20.5. The molecule has 0 amide bonds. The fourth-order valence-electron chi connectivity index (χ4n) is 3.99. The van der Waals surface area contributed by atoms with E-state index < -0.39 is 0 Å². The van der Waals surface area contributed by atoms with Gasteiger partial charge in [0.15, 0.2) is 17.3 Å². The number of hydrogen-bond acceptors (Lipinski definition) is 8. The Kier molecular flexibility index (Phi) is 7.21. The normalized spacial score (nSPS) is 14.4. The van der Waals surface area contributed by atoms with Gasteiger partial charge in [-0.25, -0.2) is 4.98 Å². The van der Waals surface area contributed by atoms with Crippen LogP contribution in [0.15, 0.2) is 30.5 Å². The molecule has 3 aromatic rings. The zero-order chi connectivity index (χ0) is 24.1. The molecule has 182 valence electrons. The van der Waals surface area contributed by atoms with Gasteiger partial charge in [-0.15, -0.1) is 0 Å². The second-order valence-electron chi connectivity index (χ2n) is 9.28. The van der Waals surface area contributed by atoms with Crippen molar-refractivity contribution in [2.45, 2.75) is 45.4 Å². The van der Waals surface area contributed by atoms with Crippen LogP contribution in [0.1, 0.15) is 45.7 Å². The van der Waals surface area contributed by atoms with Crippen molar-refractivity contribution < 1.29 is 9.47 Å². The smallest absolute Gasteiger partial charge is 0.221 e. The largest absolute Gasteiger partial charge is 0.493 e. The van der Waals surface area contributed by atoms with Crippen molar-refractivity contribution in [2.24, 2.45) is 0 Å². The number of rotatable bonds is 10. The van der Waals surface area contributed by atoms with Crippen LogP contribution in [0.5, 0.6) is 11.5 Å². The van der Waals surface area contributed by atoms with Gasteiger partial charge in [0.25, 0.3) is 0 Å². The molecule has 1 saturated heterocycles. The van der Waals surface area contributed by atoms with Crippen molar-refractivity contribution in [3.8, 4) is 22.6 Å². The van der Waals surface area contributed by atoms with E-state index in [-0.39, 0.29) is 11.4 Å². The lowest BCUT2D eigenvalue weighted by Crippen LogP contribution is -2.25. The second kappa shape index (κ2) is 10.3. The Morgan fingerprint density at radius 2 is 1.97 bits per heavy atom. The highest BCUT2D eigenvalue weighted by molar-refractivity contribution is 5.79. The van der Waals surface area contributed by atoms with Gasteiger partial charge in [-0.2, -0.15) is 10.1 Å². The third-order valence-electron chi connectivity index (χ3n) is 6.58. The van der Waals surface area contributed by atoms with Gasteiger partial charge in [0.05, 0.1) is 7.11 Å². The summed E-state index contributed by atoms with van der Waals surface area (Å²) in [7, 11) is 1.65. The minimum atomic E-state index is -0.00223. The van der Waals surface area contributed by atoms with Crippen molar-refractivity contribution >= 4 is 17.6 Å². The summed E-state index contributed by atoms with van der Waals surface area (Å²) in [6, 6.07) is 7.82. The lowest BCUT2D eigenvalue weighted by atomic mass is 9.87. The van der Waals surface area contributed by atoms with E-state index in [4.69, 9.17) is 15.2 Å². The van der Waals surface area contributed by atoms with E-state index in [2.05, 4.69) is 51.2 Å². The topological polar surface area (TPSA) is 114 Å². The van der Waals surface area contributed by atoms with Gasteiger partial charge in [-0.1, -0.05) is 26.8 Å². The predicted molar refractivity (Wildman–Crippen MR) is 135 cm³/mol. The van der Waals surface area contributed by atoms with E-state index in [1.54, 1.807) is 13.3 Å². The van der Waals surface area contributed by atoms with Crippen LogP contribution in [0.2, 0.25) is 0 Å². The highest BCUT2D eigenvalue weighted by Gasteiger charge is 2.21. The molecule has 0 saturated carbocycles. The maximum absolute atomic E-state index is 6.12. The average molecular weight is 466 g/mol. The van der Waals surface area contributed by atoms with Crippen LogP contribution in [0, 0.1) is 0 Å². The first-order chi connectivity index (χ1) is 16.4. The average Bonchev–Trinajstić information content (AvgIpc) is 3.52. The van der Waals surface area contributed by atoms with Gasteiger partial charge >= 0.3 is 0 Å². The van der Waals surface area contributed by atoms with Crippen molar-refractivity contribution in [2.75, 3.05) is 44.4 Å². The van der Waals surface area contributed by atoms with Crippen molar-refractivity contribution in [1.82, 2.24) is 25.1 Å². The van der Waals surface area contributed by atoms with Gasteiger partial charge in [0.2, 0.25) is 5.95 Å². The maximum Gasteiger partial charge on any atom is 0.221 e. The first-order valence-corrected chi connectivity index (χ1v) is 11.9. The molecule has 0 radical (unpaired) electrons. The number of aromatic nitrogens is 4. The number of H-pyrrole nitrogens is 1. The molecule has 4 N–H and O–H groups in total. The van der Waals surface area contributed by atoms with Gasteiger partial charge in [0, 0.05) is 35.5 Å². The van der Waals surface area contributed by atoms with Crippen LogP contribution in [0.25, 0.3) is 11.1 Å². The molecular formula is C25H35N7O2. The Bertz CT molecular complexity index is 1110. The monoisotopic (exact) mass is 465 g/mol. The number of nitrogen functional groups attached to an aromatic ring is 1. The lowest BCUT2D eigenvalue weighted by Gasteiger charge is -2.19. The summed E-state index contributed by atoms with van der Waals surface area (Å²) in [6.45, 7) is 10.3. The predicted octanol–water partition coefficient (Wildman–Crippen LogP) is 4.36. The Balaban J connectivity index is 1.58. The van der Waals surface area contributed by atoms with E-state index in [9.17, 15) is 0 Å². The fraction of sp³-hybridized carbons (Fsp3) is 0.480. The SMILES string of the molecule is CCC(C)(C)c1cc(Nc2nc(N)ncc2-c2ccc(OC)c(OCCN3CCCC3)c2)n[nH]1. The summed E-state index contributed by atoms with van der Waals surface area (Å²) >= 11 is 0. The zero-order valence-corrected chi connectivity index (χ0v) is 20.5. The molecule has 34 heavy (non-hydrogen) atoms. The summed E-state index contributed by atoms with van der Waals surface area (Å²) < 4.78 is 11.6. The summed E-state index contributed by atoms with van der Waals surface area (Å²) in [6.07, 6.45) is 5.23. The highest BCUT2D eigenvalue weighted by atomic mass is 16.5. The molecule has 0 spiro atoms.